The lowest BCUT2D eigenvalue weighted by Gasteiger charge is -2.46. The molecule has 5 heteroatoms. The van der Waals surface area contributed by atoms with Gasteiger partial charge < -0.3 is 18.9 Å². The van der Waals surface area contributed by atoms with Crippen LogP contribution in [0.25, 0.3) is 111 Å². The molecule has 2 aliphatic heterocycles. The van der Waals surface area contributed by atoms with Crippen LogP contribution in [-0.4, -0.2) is 15.8 Å². The number of hydrogen-bond donors (Lipinski definition) is 0. The lowest BCUT2D eigenvalue weighted by Crippen LogP contribution is -2.61. The summed E-state index contributed by atoms with van der Waals surface area (Å²) in [6.45, 7) is -0.231. The normalized spacial score (nSPS) is 12.4. The van der Waals surface area contributed by atoms with Gasteiger partial charge in [0.15, 0.2) is 0 Å². The molecule has 0 amide bonds. The van der Waals surface area contributed by atoms with Crippen molar-refractivity contribution in [1.82, 2.24) is 9.13 Å². The third-order valence-electron chi connectivity index (χ3n) is 18.7. The SMILES string of the molecule is c1ccc(-c2ccc3c(c2)N(c2c(-c4ccccc4)cccc2-c2ccccc2)c2cc(-n4c5ccccc5c5ccccc54)cc4c2B3c2ccc3c(c2N4c2c(-c4ccccc4)cccc2-c2ccccc2)c2ccccc2n3-c2ccccc2)cc1. The fourth-order valence-electron chi connectivity index (χ4n) is 15.0. The van der Waals surface area contributed by atoms with Crippen molar-refractivity contribution in [2.45, 2.75) is 0 Å². The topological polar surface area (TPSA) is 16.3 Å². The first-order chi connectivity index (χ1) is 44.2. The maximum absolute atomic E-state index is 2.72. The zero-order valence-electron chi connectivity index (χ0n) is 48.6. The van der Waals surface area contributed by atoms with Crippen LogP contribution in [0, 0.1) is 0 Å². The second-order valence-electron chi connectivity index (χ2n) is 23.5. The van der Waals surface area contributed by atoms with Crippen LogP contribution in [0.3, 0.4) is 0 Å². The summed E-state index contributed by atoms with van der Waals surface area (Å²) in [5, 5.41) is 4.81. The number of nitrogens with zero attached hydrogens (tertiary/aromatic N) is 4. The van der Waals surface area contributed by atoms with E-state index in [0.29, 0.717) is 0 Å². The molecule has 0 unspecified atom stereocenters. The van der Waals surface area contributed by atoms with Gasteiger partial charge in [-0.3, -0.25) is 0 Å². The Morgan fingerprint density at radius 1 is 0.225 bits per heavy atom. The van der Waals surface area contributed by atoms with E-state index in [9.17, 15) is 0 Å². The molecule has 16 aromatic rings. The highest BCUT2D eigenvalue weighted by Gasteiger charge is 2.47. The van der Waals surface area contributed by atoms with Crippen LogP contribution in [0.2, 0.25) is 0 Å². The Labute approximate surface area is 517 Å². The molecule has 0 radical (unpaired) electrons. The van der Waals surface area contributed by atoms with Crippen molar-refractivity contribution in [2.24, 2.45) is 0 Å². The van der Waals surface area contributed by atoms with Crippen molar-refractivity contribution in [1.29, 1.82) is 0 Å². The molecule has 0 fully saturated rings. The van der Waals surface area contributed by atoms with Crippen LogP contribution in [0.4, 0.5) is 34.1 Å². The van der Waals surface area contributed by atoms with Crippen molar-refractivity contribution < 1.29 is 0 Å². The predicted octanol–water partition coefficient (Wildman–Crippen LogP) is 20.3. The summed E-state index contributed by atoms with van der Waals surface area (Å²) < 4.78 is 5.01. The maximum Gasteiger partial charge on any atom is 0.252 e. The van der Waals surface area contributed by atoms with Gasteiger partial charge >= 0.3 is 0 Å². The molecular formula is C84H55BN4. The van der Waals surface area contributed by atoms with Gasteiger partial charge in [0.1, 0.15) is 0 Å². The van der Waals surface area contributed by atoms with Gasteiger partial charge in [0.25, 0.3) is 6.71 Å². The predicted molar refractivity (Wildman–Crippen MR) is 376 cm³/mol. The van der Waals surface area contributed by atoms with Crippen molar-refractivity contribution in [3.8, 4) is 67.0 Å². The van der Waals surface area contributed by atoms with Crippen molar-refractivity contribution in [3.63, 3.8) is 0 Å². The Hall–Kier alpha value is -11.7. The van der Waals surface area contributed by atoms with E-state index < -0.39 is 0 Å². The van der Waals surface area contributed by atoms with Crippen LogP contribution in [0.5, 0.6) is 0 Å². The van der Waals surface area contributed by atoms with Gasteiger partial charge in [0, 0.05) is 66.5 Å². The number of hydrogen-bond acceptors (Lipinski definition) is 2. The Morgan fingerprint density at radius 2 is 0.618 bits per heavy atom. The number of aromatic nitrogens is 2. The molecule has 0 spiro atoms. The molecule has 0 bridgehead atoms. The molecule has 0 N–H and O–H groups in total. The number of fused-ring (bicyclic) bond motifs is 11. The zero-order valence-corrected chi connectivity index (χ0v) is 48.6. The molecule has 2 aromatic heterocycles. The molecule has 2 aliphatic rings. The summed E-state index contributed by atoms with van der Waals surface area (Å²) >= 11 is 0. The van der Waals surface area contributed by atoms with Crippen LogP contribution in [0.1, 0.15) is 0 Å². The van der Waals surface area contributed by atoms with Crippen LogP contribution in [0.15, 0.2) is 334 Å². The second-order valence-corrected chi connectivity index (χ2v) is 23.5. The van der Waals surface area contributed by atoms with E-state index >= 15 is 0 Å². The minimum atomic E-state index is -0.231. The molecule has 18 rings (SSSR count). The van der Waals surface area contributed by atoms with E-state index in [2.05, 4.69) is 353 Å². The summed E-state index contributed by atoms with van der Waals surface area (Å²) in [5.74, 6) is 0. The van der Waals surface area contributed by atoms with Gasteiger partial charge in [-0.25, -0.2) is 0 Å². The van der Waals surface area contributed by atoms with Crippen molar-refractivity contribution in [2.75, 3.05) is 9.80 Å². The summed E-state index contributed by atoms with van der Waals surface area (Å²) in [4.78, 5) is 5.39. The number of para-hydroxylation sites is 6. The molecule has 4 nitrogen and oxygen atoms in total. The Morgan fingerprint density at radius 3 is 1.12 bits per heavy atom. The first kappa shape index (κ1) is 50.6. The first-order valence-corrected chi connectivity index (χ1v) is 30.8. The average molecular weight is 1130 g/mol. The third-order valence-corrected chi connectivity index (χ3v) is 18.7. The smallest absolute Gasteiger partial charge is 0.252 e. The van der Waals surface area contributed by atoms with E-state index in [4.69, 9.17) is 0 Å². The van der Waals surface area contributed by atoms with E-state index in [-0.39, 0.29) is 6.71 Å². The Bertz CT molecular complexity index is 5260. The molecule has 4 heterocycles. The van der Waals surface area contributed by atoms with E-state index in [1.165, 1.54) is 37.9 Å². The molecule has 414 valence electrons. The zero-order chi connectivity index (χ0) is 58.5. The van der Waals surface area contributed by atoms with Crippen LogP contribution in [-0.2, 0) is 0 Å². The molecular weight excluding hydrogens is 1080 g/mol. The van der Waals surface area contributed by atoms with Crippen molar-refractivity contribution >= 4 is 101 Å². The number of anilines is 6. The highest BCUT2D eigenvalue weighted by atomic mass is 15.2. The average Bonchev–Trinajstić information content (AvgIpc) is 1.62. The van der Waals surface area contributed by atoms with E-state index in [1.807, 2.05) is 0 Å². The van der Waals surface area contributed by atoms with Gasteiger partial charge in [-0.1, -0.05) is 279 Å². The maximum atomic E-state index is 2.72. The quantitative estimate of drug-likeness (QED) is 0.134. The second kappa shape index (κ2) is 20.5. The van der Waals surface area contributed by atoms with E-state index in [0.717, 1.165) is 123 Å². The fourth-order valence-corrected chi connectivity index (χ4v) is 15.0. The van der Waals surface area contributed by atoms with Gasteiger partial charge in [0.2, 0.25) is 0 Å². The minimum Gasteiger partial charge on any atom is -0.310 e. The van der Waals surface area contributed by atoms with Gasteiger partial charge in [-0.2, -0.15) is 0 Å². The number of benzene rings is 14. The third kappa shape index (κ3) is 7.88. The number of rotatable bonds is 9. The fraction of sp³-hybridized carbons (Fsp3) is 0. The van der Waals surface area contributed by atoms with Crippen LogP contribution >= 0.6 is 0 Å². The minimum absolute atomic E-state index is 0.231. The summed E-state index contributed by atoms with van der Waals surface area (Å²) in [6, 6.07) is 124. The van der Waals surface area contributed by atoms with Gasteiger partial charge in [-0.05, 0) is 104 Å². The Kier molecular flexibility index (Phi) is 11.7. The standard InChI is InChI=1S/C84H55BN4/c1-7-27-56(28-8-1)61-49-50-71-77(53-61)88(82-64(57-29-9-2-10-30-57)42-25-43-65(82)58-31-11-3-12-32-58)78-54-63(87-73-46-22-19-39-68(73)69-40-20-23-47-74(69)87)55-79-81(78)85(71)72-51-52-76-80(70-41-21-24-48-75(70)86(76)62-37-17-6-18-38-62)84(72)89(79)83-66(59-33-13-4-14-34-59)44-26-45-67(83)60-35-15-5-16-36-60/h1-55H. The molecule has 0 saturated heterocycles. The van der Waals surface area contributed by atoms with Crippen LogP contribution < -0.4 is 26.2 Å². The monoisotopic (exact) mass is 1130 g/mol. The highest BCUT2D eigenvalue weighted by Crippen LogP contribution is 2.55. The summed E-state index contributed by atoms with van der Waals surface area (Å²) in [6.07, 6.45) is 0. The molecule has 89 heavy (non-hydrogen) atoms. The molecule has 0 aliphatic carbocycles. The van der Waals surface area contributed by atoms with Crippen molar-refractivity contribution in [3.05, 3.63) is 334 Å². The van der Waals surface area contributed by atoms with Gasteiger partial charge in [-0.15, -0.1) is 0 Å². The molecule has 0 atom stereocenters. The molecule has 0 saturated carbocycles. The summed E-state index contributed by atoms with van der Waals surface area (Å²) in [7, 11) is 0. The van der Waals surface area contributed by atoms with Gasteiger partial charge in [0.05, 0.1) is 44.8 Å². The highest BCUT2D eigenvalue weighted by molar-refractivity contribution is 7.00. The molecule has 14 aromatic carbocycles. The Balaban J connectivity index is 1.08. The first-order valence-electron chi connectivity index (χ1n) is 30.8. The lowest BCUT2D eigenvalue weighted by molar-refractivity contribution is 1.16. The summed E-state index contributed by atoms with van der Waals surface area (Å²) in [5.41, 5.74) is 28.7. The largest absolute Gasteiger partial charge is 0.310 e. The van der Waals surface area contributed by atoms with E-state index in [1.54, 1.807) is 0 Å². The lowest BCUT2D eigenvalue weighted by atomic mass is 9.33.